The Morgan fingerprint density at radius 2 is 1.88 bits per heavy atom. The maximum absolute atomic E-state index is 11.0. The van der Waals surface area contributed by atoms with Crippen molar-refractivity contribution in [1.82, 2.24) is 0 Å². The van der Waals surface area contributed by atoms with Crippen LogP contribution in [0.1, 0.15) is 49.3 Å². The van der Waals surface area contributed by atoms with E-state index in [9.17, 15) is 4.79 Å². The van der Waals surface area contributed by atoms with Crippen LogP contribution >= 0.6 is 11.6 Å². The Morgan fingerprint density at radius 3 is 2.44 bits per heavy atom. The zero-order valence-electron chi connectivity index (χ0n) is 10.4. The number of Topliss-reactive ketones (excluding diaryl/α,β-unsaturated/α-hetero) is 1. The van der Waals surface area contributed by atoms with Crippen LogP contribution in [0, 0.1) is 13.8 Å². The fraction of sp³-hybridized carbons (Fsp3) is 0.500. The van der Waals surface area contributed by atoms with Crippen LogP contribution in [0.4, 0.5) is 0 Å². The van der Waals surface area contributed by atoms with Crippen LogP contribution in [0.5, 0.6) is 0 Å². The summed E-state index contributed by atoms with van der Waals surface area (Å²) in [5.41, 5.74) is 3.63. The fourth-order valence-corrected chi connectivity index (χ4v) is 2.16. The second kappa shape index (κ2) is 5.49. The molecule has 0 aliphatic heterocycles. The molecule has 0 saturated heterocycles. The third kappa shape index (κ3) is 3.34. The summed E-state index contributed by atoms with van der Waals surface area (Å²) in [4.78, 5) is 11.0. The van der Waals surface area contributed by atoms with Gasteiger partial charge < -0.3 is 4.79 Å². The Balaban J connectivity index is 2.86. The van der Waals surface area contributed by atoms with E-state index in [2.05, 4.69) is 26.8 Å². The van der Waals surface area contributed by atoms with Gasteiger partial charge in [-0.25, -0.2) is 0 Å². The summed E-state index contributed by atoms with van der Waals surface area (Å²) in [5, 5.41) is 0.819. The molecular weight excluding hydrogens is 220 g/mol. The SMILES string of the molecule is CC(=O)CCC(C)c1cc(C)c(C)cc1Cl. The number of carbonyl (C=O) groups is 1. The van der Waals surface area contributed by atoms with Crippen molar-refractivity contribution in [3.63, 3.8) is 0 Å². The van der Waals surface area contributed by atoms with E-state index in [0.717, 1.165) is 17.0 Å². The van der Waals surface area contributed by atoms with Crippen molar-refractivity contribution in [2.75, 3.05) is 0 Å². The molecule has 0 aromatic heterocycles. The molecule has 88 valence electrons. The Labute approximate surface area is 103 Å². The second-order valence-electron chi connectivity index (χ2n) is 4.60. The first-order valence-electron chi connectivity index (χ1n) is 5.68. The normalized spacial score (nSPS) is 12.6. The average Bonchev–Trinajstić information content (AvgIpc) is 2.20. The fourth-order valence-electron chi connectivity index (χ4n) is 1.76. The quantitative estimate of drug-likeness (QED) is 0.759. The highest BCUT2D eigenvalue weighted by molar-refractivity contribution is 6.31. The first-order valence-corrected chi connectivity index (χ1v) is 6.05. The van der Waals surface area contributed by atoms with Crippen LogP contribution in [0.25, 0.3) is 0 Å². The Kier molecular flexibility index (Phi) is 4.55. The molecule has 0 bridgehead atoms. The van der Waals surface area contributed by atoms with E-state index in [0.29, 0.717) is 12.3 Å². The predicted octanol–water partition coefficient (Wildman–Crippen LogP) is 4.43. The zero-order chi connectivity index (χ0) is 12.3. The van der Waals surface area contributed by atoms with Crippen molar-refractivity contribution in [1.29, 1.82) is 0 Å². The minimum absolute atomic E-state index is 0.242. The molecule has 0 saturated carbocycles. The molecule has 0 amide bonds. The van der Waals surface area contributed by atoms with Crippen LogP contribution in [0.15, 0.2) is 12.1 Å². The molecule has 1 nitrogen and oxygen atoms in total. The van der Waals surface area contributed by atoms with Gasteiger partial charge in [0.05, 0.1) is 0 Å². The summed E-state index contributed by atoms with van der Waals surface area (Å²) < 4.78 is 0. The van der Waals surface area contributed by atoms with Crippen LogP contribution in [-0.4, -0.2) is 5.78 Å². The second-order valence-corrected chi connectivity index (χ2v) is 5.01. The molecule has 0 aliphatic rings. The van der Waals surface area contributed by atoms with Crippen molar-refractivity contribution >= 4 is 17.4 Å². The summed E-state index contributed by atoms with van der Waals surface area (Å²) in [7, 11) is 0. The van der Waals surface area contributed by atoms with Crippen molar-refractivity contribution in [3.8, 4) is 0 Å². The van der Waals surface area contributed by atoms with E-state index in [4.69, 9.17) is 11.6 Å². The number of aryl methyl sites for hydroxylation is 2. The highest BCUT2D eigenvalue weighted by atomic mass is 35.5. The van der Waals surface area contributed by atoms with Gasteiger partial charge in [0.1, 0.15) is 5.78 Å². The smallest absolute Gasteiger partial charge is 0.129 e. The van der Waals surface area contributed by atoms with Gasteiger partial charge >= 0.3 is 0 Å². The molecule has 0 fully saturated rings. The van der Waals surface area contributed by atoms with Gasteiger partial charge in [0, 0.05) is 11.4 Å². The standard InChI is InChI=1S/C14H19ClO/c1-9(5-6-12(4)16)13-7-10(2)11(3)8-14(13)15/h7-9H,5-6H2,1-4H3. The van der Waals surface area contributed by atoms with E-state index in [1.165, 1.54) is 11.1 Å². The highest BCUT2D eigenvalue weighted by Gasteiger charge is 2.11. The topological polar surface area (TPSA) is 17.1 Å². The molecule has 1 aromatic carbocycles. The van der Waals surface area contributed by atoms with Gasteiger partial charge in [-0.3, -0.25) is 0 Å². The molecule has 1 aromatic rings. The monoisotopic (exact) mass is 238 g/mol. The van der Waals surface area contributed by atoms with Gasteiger partial charge in [0.15, 0.2) is 0 Å². The summed E-state index contributed by atoms with van der Waals surface area (Å²) in [6.45, 7) is 7.91. The lowest BCUT2D eigenvalue weighted by Crippen LogP contribution is -2.00. The lowest BCUT2D eigenvalue weighted by atomic mass is 9.93. The first kappa shape index (κ1) is 13.2. The Bertz CT molecular complexity index is 396. The maximum atomic E-state index is 11.0. The van der Waals surface area contributed by atoms with Gasteiger partial charge in [-0.05, 0) is 55.9 Å². The molecule has 2 heteroatoms. The number of hydrogen-bond acceptors (Lipinski definition) is 1. The van der Waals surface area contributed by atoms with Gasteiger partial charge in [-0.2, -0.15) is 0 Å². The molecule has 0 radical (unpaired) electrons. The van der Waals surface area contributed by atoms with Gasteiger partial charge in [0.2, 0.25) is 0 Å². The molecule has 1 unspecified atom stereocenters. The van der Waals surface area contributed by atoms with Crippen molar-refractivity contribution in [2.45, 2.75) is 46.5 Å². The number of ketones is 1. The van der Waals surface area contributed by atoms with E-state index < -0.39 is 0 Å². The number of carbonyl (C=O) groups excluding carboxylic acids is 1. The summed E-state index contributed by atoms with van der Waals surface area (Å²) in [5.74, 6) is 0.586. The lowest BCUT2D eigenvalue weighted by Gasteiger charge is -2.15. The molecule has 0 N–H and O–H groups in total. The average molecular weight is 239 g/mol. The Hall–Kier alpha value is -0.820. The molecular formula is C14H19ClO. The third-order valence-corrected chi connectivity index (χ3v) is 3.40. The van der Waals surface area contributed by atoms with Crippen molar-refractivity contribution in [2.24, 2.45) is 0 Å². The minimum Gasteiger partial charge on any atom is -0.300 e. The van der Waals surface area contributed by atoms with E-state index in [1.807, 2.05) is 6.07 Å². The zero-order valence-corrected chi connectivity index (χ0v) is 11.2. The third-order valence-electron chi connectivity index (χ3n) is 3.07. The lowest BCUT2D eigenvalue weighted by molar-refractivity contribution is -0.117. The molecule has 1 rings (SSSR count). The van der Waals surface area contributed by atoms with Crippen molar-refractivity contribution < 1.29 is 4.79 Å². The number of benzene rings is 1. The summed E-state index contributed by atoms with van der Waals surface area (Å²) in [6, 6.07) is 4.15. The van der Waals surface area contributed by atoms with Crippen molar-refractivity contribution in [3.05, 3.63) is 33.8 Å². The highest BCUT2D eigenvalue weighted by Crippen LogP contribution is 2.30. The van der Waals surface area contributed by atoms with Crippen LogP contribution in [-0.2, 0) is 4.79 Å². The van der Waals surface area contributed by atoms with Gasteiger partial charge in [-0.1, -0.05) is 24.6 Å². The van der Waals surface area contributed by atoms with Gasteiger partial charge in [0.25, 0.3) is 0 Å². The molecule has 16 heavy (non-hydrogen) atoms. The van der Waals surface area contributed by atoms with E-state index >= 15 is 0 Å². The molecule has 1 atom stereocenters. The molecule has 0 aliphatic carbocycles. The number of hydrogen-bond donors (Lipinski definition) is 0. The summed E-state index contributed by atoms with van der Waals surface area (Å²) in [6.07, 6.45) is 1.50. The summed E-state index contributed by atoms with van der Waals surface area (Å²) >= 11 is 6.23. The Morgan fingerprint density at radius 1 is 1.31 bits per heavy atom. The van der Waals surface area contributed by atoms with Gasteiger partial charge in [-0.15, -0.1) is 0 Å². The maximum Gasteiger partial charge on any atom is 0.129 e. The minimum atomic E-state index is 0.242. The van der Waals surface area contributed by atoms with E-state index in [1.54, 1.807) is 6.92 Å². The van der Waals surface area contributed by atoms with E-state index in [-0.39, 0.29) is 5.78 Å². The molecule has 0 spiro atoms. The van der Waals surface area contributed by atoms with Crippen LogP contribution < -0.4 is 0 Å². The number of rotatable bonds is 4. The largest absolute Gasteiger partial charge is 0.300 e. The molecule has 0 heterocycles. The van der Waals surface area contributed by atoms with Crippen LogP contribution in [0.2, 0.25) is 5.02 Å². The van der Waals surface area contributed by atoms with Crippen LogP contribution in [0.3, 0.4) is 0 Å². The first-order chi connectivity index (χ1) is 7.41. The number of halogens is 1. The predicted molar refractivity (Wildman–Crippen MR) is 69.3 cm³/mol.